The molecule has 11 aromatic rings. The topological polar surface area (TPSA) is 62.4 Å². The lowest BCUT2D eigenvalue weighted by Gasteiger charge is -2.17. The first kappa shape index (κ1) is 30.7. The van der Waals surface area contributed by atoms with Crippen molar-refractivity contribution in [3.63, 3.8) is 0 Å². The molecule has 0 fully saturated rings. The number of nitrogens with zero attached hydrogens (tertiary/aromatic N) is 5. The maximum Gasteiger partial charge on any atom is 0.101 e. The fourth-order valence-corrected chi connectivity index (χ4v) is 8.89. The number of hydrogen-bond acceptors (Lipinski definition) is 2. The third kappa shape index (κ3) is 4.33. The molecule has 11 rings (SSSR count). The SMILES string of the molecule is N#Cc1ccc(-n2c3ccccc3c3cccc(C#N)c32)cc1-c1ccccc1-n1c2ccccc2c2c(-n3c4ccccc4c4ccccc43)cccc21. The standard InChI is InChI=1S/C50H29N5/c51-30-32-27-28-34(53-42-20-6-3-16-37(42)39-19-11-13-33(31-52)50(39)53)29-41(32)38-17-4-9-23-45(38)55-46-24-10-5-18-40(46)49-47(25-12-26-48(49)55)54-43-21-7-1-14-35(43)36-15-2-8-22-44(36)54/h1-29H. The molecule has 0 amide bonds. The van der Waals surface area contributed by atoms with E-state index in [-0.39, 0.29) is 0 Å². The molecule has 3 aromatic heterocycles. The molecule has 0 radical (unpaired) electrons. The van der Waals surface area contributed by atoms with Gasteiger partial charge >= 0.3 is 0 Å². The Morgan fingerprint density at radius 3 is 1.53 bits per heavy atom. The van der Waals surface area contributed by atoms with Crippen LogP contribution < -0.4 is 0 Å². The Labute approximate surface area is 316 Å². The van der Waals surface area contributed by atoms with Crippen LogP contribution in [0.15, 0.2) is 176 Å². The Morgan fingerprint density at radius 2 is 0.836 bits per heavy atom. The number of para-hydroxylation sites is 6. The molecular weight excluding hydrogens is 671 g/mol. The summed E-state index contributed by atoms with van der Waals surface area (Å²) in [4.78, 5) is 0. The quantitative estimate of drug-likeness (QED) is 0.184. The average molecular weight is 700 g/mol. The van der Waals surface area contributed by atoms with E-state index in [1.165, 1.54) is 10.8 Å². The van der Waals surface area contributed by atoms with Gasteiger partial charge in [0.2, 0.25) is 0 Å². The normalized spacial score (nSPS) is 11.6. The first-order valence-electron chi connectivity index (χ1n) is 18.3. The average Bonchev–Trinajstić information content (AvgIpc) is 3.89. The lowest BCUT2D eigenvalue weighted by Crippen LogP contribution is -2.01. The Bertz CT molecular complexity index is 3420. The fraction of sp³-hybridized carbons (Fsp3) is 0. The number of nitriles is 2. The largest absolute Gasteiger partial charge is 0.309 e. The third-order valence-corrected chi connectivity index (χ3v) is 11.1. The second-order valence-corrected chi connectivity index (χ2v) is 13.9. The minimum absolute atomic E-state index is 0.573. The van der Waals surface area contributed by atoms with E-state index in [4.69, 9.17) is 0 Å². The van der Waals surface area contributed by atoms with E-state index in [1.54, 1.807) is 0 Å². The number of fused-ring (bicyclic) bond motifs is 9. The molecule has 0 saturated carbocycles. The molecule has 0 aliphatic carbocycles. The molecule has 254 valence electrons. The number of aromatic nitrogens is 3. The zero-order valence-corrected chi connectivity index (χ0v) is 29.5. The Hall–Kier alpha value is -7.86. The Balaban J connectivity index is 1.20. The van der Waals surface area contributed by atoms with E-state index >= 15 is 0 Å². The molecular formula is C50H29N5. The minimum Gasteiger partial charge on any atom is -0.309 e. The highest BCUT2D eigenvalue weighted by Gasteiger charge is 2.22. The molecule has 0 bridgehead atoms. The van der Waals surface area contributed by atoms with E-state index < -0.39 is 0 Å². The molecule has 0 atom stereocenters. The van der Waals surface area contributed by atoms with E-state index in [2.05, 4.69) is 159 Å². The van der Waals surface area contributed by atoms with Crippen molar-refractivity contribution in [3.8, 4) is 40.3 Å². The van der Waals surface area contributed by atoms with E-state index in [9.17, 15) is 10.5 Å². The van der Waals surface area contributed by atoms with Crippen LogP contribution in [0.5, 0.6) is 0 Å². The van der Waals surface area contributed by atoms with Crippen LogP contribution in [0.1, 0.15) is 11.1 Å². The summed E-state index contributed by atoms with van der Waals surface area (Å²) < 4.78 is 6.91. The summed E-state index contributed by atoms with van der Waals surface area (Å²) in [6.07, 6.45) is 0. The maximum atomic E-state index is 10.6. The summed E-state index contributed by atoms with van der Waals surface area (Å²) in [5.41, 5.74) is 12.2. The van der Waals surface area contributed by atoms with Crippen molar-refractivity contribution < 1.29 is 0 Å². The predicted octanol–water partition coefficient (Wildman–Crippen LogP) is 12.4. The highest BCUT2D eigenvalue weighted by molar-refractivity contribution is 6.17. The van der Waals surface area contributed by atoms with Crippen molar-refractivity contribution in [3.05, 3.63) is 187 Å². The van der Waals surface area contributed by atoms with Crippen molar-refractivity contribution in [2.24, 2.45) is 0 Å². The van der Waals surface area contributed by atoms with Crippen molar-refractivity contribution >= 4 is 65.4 Å². The summed E-state index contributed by atoms with van der Waals surface area (Å²) in [7, 11) is 0. The van der Waals surface area contributed by atoms with Gasteiger partial charge in [0.1, 0.15) is 6.07 Å². The highest BCUT2D eigenvalue weighted by Crippen LogP contribution is 2.42. The molecule has 0 unspecified atom stereocenters. The van der Waals surface area contributed by atoms with Crippen molar-refractivity contribution in [1.29, 1.82) is 10.5 Å². The molecule has 55 heavy (non-hydrogen) atoms. The number of benzene rings is 8. The smallest absolute Gasteiger partial charge is 0.101 e. The van der Waals surface area contributed by atoms with Gasteiger partial charge in [-0.1, -0.05) is 109 Å². The van der Waals surface area contributed by atoms with Gasteiger partial charge in [0.15, 0.2) is 0 Å². The molecule has 0 aliphatic heterocycles. The molecule has 0 aliphatic rings. The van der Waals surface area contributed by atoms with Crippen LogP contribution in [0.4, 0.5) is 0 Å². The summed E-state index contributed by atoms with van der Waals surface area (Å²) in [5.74, 6) is 0. The van der Waals surface area contributed by atoms with Gasteiger partial charge in [-0.25, -0.2) is 0 Å². The molecule has 5 heteroatoms. The number of rotatable bonds is 4. The van der Waals surface area contributed by atoms with Gasteiger partial charge in [-0.05, 0) is 66.7 Å². The predicted molar refractivity (Wildman–Crippen MR) is 224 cm³/mol. The fourth-order valence-electron chi connectivity index (χ4n) is 8.89. The molecule has 3 heterocycles. The molecule has 0 spiro atoms. The highest BCUT2D eigenvalue weighted by atomic mass is 15.0. The summed E-state index contributed by atoms with van der Waals surface area (Å²) in [6.45, 7) is 0. The van der Waals surface area contributed by atoms with Crippen LogP contribution in [-0.2, 0) is 0 Å². The van der Waals surface area contributed by atoms with Crippen LogP contribution >= 0.6 is 0 Å². The van der Waals surface area contributed by atoms with Crippen LogP contribution in [0.2, 0.25) is 0 Å². The van der Waals surface area contributed by atoms with Crippen molar-refractivity contribution in [1.82, 2.24) is 13.7 Å². The lowest BCUT2D eigenvalue weighted by molar-refractivity contribution is 1.16. The van der Waals surface area contributed by atoms with Crippen LogP contribution in [0.25, 0.3) is 93.6 Å². The van der Waals surface area contributed by atoms with Crippen molar-refractivity contribution in [2.45, 2.75) is 0 Å². The van der Waals surface area contributed by atoms with E-state index in [0.29, 0.717) is 11.1 Å². The van der Waals surface area contributed by atoms with Crippen molar-refractivity contribution in [2.75, 3.05) is 0 Å². The maximum absolute atomic E-state index is 10.6. The van der Waals surface area contributed by atoms with E-state index in [0.717, 1.165) is 82.8 Å². The summed E-state index contributed by atoms with van der Waals surface area (Å²) in [6, 6.07) is 65.9. The minimum atomic E-state index is 0.573. The van der Waals surface area contributed by atoms with Crippen LogP contribution in [0.3, 0.4) is 0 Å². The molecule has 5 nitrogen and oxygen atoms in total. The van der Waals surface area contributed by atoms with Crippen LogP contribution in [-0.4, -0.2) is 13.7 Å². The molecule has 8 aromatic carbocycles. The van der Waals surface area contributed by atoms with Gasteiger partial charge in [0.05, 0.1) is 61.7 Å². The Morgan fingerprint density at radius 1 is 0.345 bits per heavy atom. The van der Waals surface area contributed by atoms with E-state index in [1.807, 2.05) is 42.5 Å². The molecule has 0 saturated heterocycles. The number of hydrogen-bond donors (Lipinski definition) is 0. The second-order valence-electron chi connectivity index (χ2n) is 13.9. The van der Waals surface area contributed by atoms with Crippen LogP contribution in [0, 0.1) is 22.7 Å². The first-order valence-corrected chi connectivity index (χ1v) is 18.3. The van der Waals surface area contributed by atoms with Gasteiger partial charge in [-0.3, -0.25) is 0 Å². The zero-order valence-electron chi connectivity index (χ0n) is 29.5. The summed E-state index contributed by atoms with van der Waals surface area (Å²) in [5, 5.41) is 27.7. The summed E-state index contributed by atoms with van der Waals surface area (Å²) >= 11 is 0. The van der Waals surface area contributed by atoms with Gasteiger partial charge in [-0.2, -0.15) is 10.5 Å². The van der Waals surface area contributed by atoms with Gasteiger partial charge < -0.3 is 13.7 Å². The van der Waals surface area contributed by atoms with Gasteiger partial charge in [0, 0.05) is 49.1 Å². The third-order valence-electron chi connectivity index (χ3n) is 11.1. The zero-order chi connectivity index (χ0) is 36.6. The molecule has 0 N–H and O–H groups in total. The van der Waals surface area contributed by atoms with Gasteiger partial charge in [0.25, 0.3) is 0 Å². The lowest BCUT2D eigenvalue weighted by atomic mass is 9.97. The Kier molecular flexibility index (Phi) is 6.61. The monoisotopic (exact) mass is 699 g/mol. The second kappa shape index (κ2) is 11.8. The van der Waals surface area contributed by atoms with Gasteiger partial charge in [-0.15, -0.1) is 0 Å². The first-order chi connectivity index (χ1) is 27.2.